The molecule has 0 unspecified atom stereocenters. The maximum atomic E-state index is 11.4. The van der Waals surface area contributed by atoms with Gasteiger partial charge >= 0.3 is 11.8 Å². The number of hydrogen-bond acceptors (Lipinski definition) is 4. The second-order valence-electron chi connectivity index (χ2n) is 4.48. The van der Waals surface area contributed by atoms with Crippen molar-refractivity contribution in [3.63, 3.8) is 0 Å². The van der Waals surface area contributed by atoms with Gasteiger partial charge in [-0.2, -0.15) is 0 Å². The SMILES string of the molecule is Cc1cc(NC(=O)C(=O)NC(C)(C)C)no1. The highest BCUT2D eigenvalue weighted by Crippen LogP contribution is 2.06. The van der Waals surface area contributed by atoms with Gasteiger partial charge in [0, 0.05) is 11.6 Å². The molecule has 0 aliphatic heterocycles. The molecule has 6 heteroatoms. The lowest BCUT2D eigenvalue weighted by molar-refractivity contribution is -0.137. The number of rotatable bonds is 1. The van der Waals surface area contributed by atoms with Crippen molar-refractivity contribution in [3.05, 3.63) is 11.8 Å². The topological polar surface area (TPSA) is 84.2 Å². The van der Waals surface area contributed by atoms with E-state index in [2.05, 4.69) is 15.8 Å². The number of carbonyl (C=O) groups is 2. The van der Waals surface area contributed by atoms with Gasteiger partial charge in [-0.1, -0.05) is 5.16 Å². The largest absolute Gasteiger partial charge is 0.360 e. The standard InChI is InChI=1S/C10H15N3O3/c1-6-5-7(13-16-6)11-8(14)9(15)12-10(2,3)4/h5H,1-4H3,(H,12,15)(H,11,13,14). The summed E-state index contributed by atoms with van der Waals surface area (Å²) in [6, 6.07) is 1.53. The molecule has 0 spiro atoms. The Morgan fingerprint density at radius 2 is 1.94 bits per heavy atom. The second kappa shape index (κ2) is 4.34. The van der Waals surface area contributed by atoms with Gasteiger partial charge in [-0.15, -0.1) is 0 Å². The Hall–Kier alpha value is -1.85. The van der Waals surface area contributed by atoms with Gasteiger partial charge in [-0.25, -0.2) is 0 Å². The van der Waals surface area contributed by atoms with E-state index in [0.29, 0.717) is 5.76 Å². The van der Waals surface area contributed by atoms with Crippen molar-refractivity contribution >= 4 is 17.6 Å². The van der Waals surface area contributed by atoms with Crippen molar-refractivity contribution in [2.45, 2.75) is 33.2 Å². The quantitative estimate of drug-likeness (QED) is 0.693. The van der Waals surface area contributed by atoms with Crippen LogP contribution in [0.4, 0.5) is 5.82 Å². The normalized spacial score (nSPS) is 11.0. The van der Waals surface area contributed by atoms with Crippen LogP contribution in [-0.2, 0) is 9.59 Å². The molecule has 0 saturated carbocycles. The average molecular weight is 225 g/mol. The molecule has 1 aromatic heterocycles. The van der Waals surface area contributed by atoms with Crippen molar-refractivity contribution in [1.29, 1.82) is 0 Å². The lowest BCUT2D eigenvalue weighted by atomic mass is 10.1. The van der Waals surface area contributed by atoms with Gasteiger partial charge in [0.15, 0.2) is 5.82 Å². The summed E-state index contributed by atoms with van der Waals surface area (Å²) in [5.41, 5.74) is -0.450. The summed E-state index contributed by atoms with van der Waals surface area (Å²) in [5, 5.41) is 8.41. The number of amides is 2. The molecule has 0 aromatic carbocycles. The van der Waals surface area contributed by atoms with Crippen molar-refractivity contribution < 1.29 is 14.1 Å². The molecule has 6 nitrogen and oxygen atoms in total. The molecular weight excluding hydrogens is 210 g/mol. The van der Waals surface area contributed by atoms with Crippen LogP contribution in [0, 0.1) is 6.92 Å². The fourth-order valence-electron chi connectivity index (χ4n) is 0.996. The Kier molecular flexibility index (Phi) is 3.31. The van der Waals surface area contributed by atoms with E-state index in [9.17, 15) is 9.59 Å². The monoisotopic (exact) mass is 225 g/mol. The van der Waals surface area contributed by atoms with Crippen LogP contribution in [0.1, 0.15) is 26.5 Å². The van der Waals surface area contributed by atoms with Gasteiger partial charge in [-0.05, 0) is 27.7 Å². The fraction of sp³-hybridized carbons (Fsp3) is 0.500. The lowest BCUT2D eigenvalue weighted by Crippen LogP contribution is -2.46. The van der Waals surface area contributed by atoms with Crippen LogP contribution in [0.15, 0.2) is 10.6 Å². The fourth-order valence-corrected chi connectivity index (χ4v) is 0.996. The Morgan fingerprint density at radius 1 is 1.31 bits per heavy atom. The Labute approximate surface area is 93.4 Å². The number of carbonyl (C=O) groups excluding carboxylic acids is 2. The van der Waals surface area contributed by atoms with Gasteiger partial charge < -0.3 is 9.84 Å². The van der Waals surface area contributed by atoms with Gasteiger partial charge in [0.1, 0.15) is 5.76 Å². The third-order valence-corrected chi connectivity index (χ3v) is 1.56. The molecular formula is C10H15N3O3. The van der Waals surface area contributed by atoms with E-state index in [1.807, 2.05) is 0 Å². The minimum Gasteiger partial charge on any atom is -0.360 e. The van der Waals surface area contributed by atoms with E-state index in [-0.39, 0.29) is 5.82 Å². The van der Waals surface area contributed by atoms with Crippen molar-refractivity contribution in [3.8, 4) is 0 Å². The molecule has 0 saturated heterocycles. The summed E-state index contributed by atoms with van der Waals surface area (Å²) in [6.45, 7) is 7.06. The van der Waals surface area contributed by atoms with Crippen molar-refractivity contribution in [2.75, 3.05) is 5.32 Å². The minimum atomic E-state index is -0.761. The van der Waals surface area contributed by atoms with E-state index in [0.717, 1.165) is 0 Å². The lowest BCUT2D eigenvalue weighted by Gasteiger charge is -2.19. The number of aromatic nitrogens is 1. The predicted octanol–water partition coefficient (Wildman–Crippen LogP) is 0.836. The van der Waals surface area contributed by atoms with Crippen LogP contribution < -0.4 is 10.6 Å². The third kappa shape index (κ3) is 3.72. The smallest absolute Gasteiger partial charge is 0.314 e. The third-order valence-electron chi connectivity index (χ3n) is 1.56. The van der Waals surface area contributed by atoms with E-state index in [1.165, 1.54) is 6.07 Å². The van der Waals surface area contributed by atoms with E-state index in [4.69, 9.17) is 4.52 Å². The maximum absolute atomic E-state index is 11.4. The van der Waals surface area contributed by atoms with Gasteiger partial charge in [-0.3, -0.25) is 14.9 Å². The van der Waals surface area contributed by atoms with E-state index >= 15 is 0 Å². The highest BCUT2D eigenvalue weighted by atomic mass is 16.5. The van der Waals surface area contributed by atoms with Crippen LogP contribution >= 0.6 is 0 Å². The Balaban J connectivity index is 2.56. The first kappa shape index (κ1) is 12.2. The molecule has 2 amide bonds. The molecule has 0 fully saturated rings. The van der Waals surface area contributed by atoms with Crippen LogP contribution in [0.5, 0.6) is 0 Å². The number of anilines is 1. The maximum Gasteiger partial charge on any atom is 0.314 e. The number of nitrogens with zero attached hydrogens (tertiary/aromatic N) is 1. The van der Waals surface area contributed by atoms with Gasteiger partial charge in [0.25, 0.3) is 0 Å². The summed E-state index contributed by atoms with van der Waals surface area (Å²) in [6.07, 6.45) is 0. The van der Waals surface area contributed by atoms with Crippen LogP contribution in [0.25, 0.3) is 0 Å². The van der Waals surface area contributed by atoms with Crippen LogP contribution in [-0.4, -0.2) is 22.5 Å². The van der Waals surface area contributed by atoms with Crippen molar-refractivity contribution in [2.24, 2.45) is 0 Å². The molecule has 1 heterocycles. The van der Waals surface area contributed by atoms with E-state index < -0.39 is 17.4 Å². The molecule has 0 atom stereocenters. The predicted molar refractivity (Wildman–Crippen MR) is 57.8 cm³/mol. The first-order valence-electron chi connectivity index (χ1n) is 4.85. The van der Waals surface area contributed by atoms with Crippen LogP contribution in [0.2, 0.25) is 0 Å². The molecule has 0 bridgehead atoms. The summed E-state index contributed by atoms with van der Waals surface area (Å²) in [7, 11) is 0. The number of hydrogen-bond donors (Lipinski definition) is 2. The molecule has 1 aromatic rings. The summed E-state index contributed by atoms with van der Waals surface area (Å²) >= 11 is 0. The first-order valence-corrected chi connectivity index (χ1v) is 4.85. The second-order valence-corrected chi connectivity index (χ2v) is 4.48. The zero-order valence-corrected chi connectivity index (χ0v) is 9.75. The van der Waals surface area contributed by atoms with Crippen molar-refractivity contribution in [1.82, 2.24) is 10.5 Å². The first-order chi connectivity index (χ1) is 7.28. The summed E-state index contributed by atoms with van der Waals surface area (Å²) < 4.78 is 4.75. The molecule has 16 heavy (non-hydrogen) atoms. The van der Waals surface area contributed by atoms with Gasteiger partial charge in [0.2, 0.25) is 0 Å². The molecule has 2 N–H and O–H groups in total. The minimum absolute atomic E-state index is 0.228. The van der Waals surface area contributed by atoms with E-state index in [1.54, 1.807) is 27.7 Å². The molecule has 88 valence electrons. The summed E-state index contributed by atoms with van der Waals surface area (Å²) in [4.78, 5) is 22.8. The Morgan fingerprint density at radius 3 is 2.38 bits per heavy atom. The molecule has 1 rings (SSSR count). The number of nitrogens with one attached hydrogen (secondary N) is 2. The molecule has 0 aliphatic rings. The highest BCUT2D eigenvalue weighted by Gasteiger charge is 2.20. The van der Waals surface area contributed by atoms with Crippen LogP contribution in [0.3, 0.4) is 0 Å². The Bertz CT molecular complexity index is 404. The highest BCUT2D eigenvalue weighted by molar-refractivity contribution is 6.39. The number of aryl methyl sites for hydroxylation is 1. The molecule has 0 radical (unpaired) electrons. The zero-order valence-electron chi connectivity index (χ0n) is 9.75. The summed E-state index contributed by atoms with van der Waals surface area (Å²) in [5.74, 6) is -0.672. The average Bonchev–Trinajstić information content (AvgIpc) is 2.48. The van der Waals surface area contributed by atoms with Gasteiger partial charge in [0.05, 0.1) is 0 Å². The zero-order chi connectivity index (χ0) is 12.3. The molecule has 0 aliphatic carbocycles.